The molecule has 0 aliphatic heterocycles. The van der Waals surface area contributed by atoms with Gasteiger partial charge in [-0.1, -0.05) is 28.6 Å². The fourth-order valence-electron chi connectivity index (χ4n) is 2.30. The lowest BCUT2D eigenvalue weighted by atomic mass is 10.2. The van der Waals surface area contributed by atoms with Crippen LogP contribution in [0.2, 0.25) is 0 Å². The molecule has 0 spiro atoms. The Hall–Kier alpha value is -3.13. The smallest absolute Gasteiger partial charge is 0.227 e. The number of carbonyl (C=O) groups excluding carboxylic acids is 1. The molecule has 1 N–H and O–H groups in total. The summed E-state index contributed by atoms with van der Waals surface area (Å²) in [5.41, 5.74) is 1.70. The number of aromatic nitrogens is 4. The van der Waals surface area contributed by atoms with Crippen LogP contribution < -0.4 is 5.32 Å². The third-order valence-corrected chi connectivity index (χ3v) is 4.46. The normalized spacial score (nSPS) is 10.9. The summed E-state index contributed by atoms with van der Waals surface area (Å²) in [6.07, 6.45) is 3.94. The quantitative estimate of drug-likeness (QED) is 0.593. The number of thiazole rings is 1. The van der Waals surface area contributed by atoms with Crippen LogP contribution in [0.3, 0.4) is 0 Å². The standard InChI is InChI=1S/C17H13N5O2S/c23-14(20-17-19-12-3-1-2-4-13(12)25-17)5-6-15-21-16(22-24-15)11-7-9-18-10-8-11/h1-4,7-10H,5-6H2,(H,19,20,23). The molecule has 124 valence electrons. The Morgan fingerprint density at radius 1 is 1.12 bits per heavy atom. The van der Waals surface area contributed by atoms with Gasteiger partial charge in [-0.3, -0.25) is 9.78 Å². The minimum atomic E-state index is -0.136. The van der Waals surface area contributed by atoms with E-state index in [1.165, 1.54) is 11.3 Å². The number of rotatable bonds is 5. The number of fused-ring (bicyclic) bond motifs is 1. The van der Waals surface area contributed by atoms with Crippen molar-refractivity contribution >= 4 is 32.6 Å². The van der Waals surface area contributed by atoms with Crippen molar-refractivity contribution in [2.75, 3.05) is 5.32 Å². The molecule has 1 aromatic carbocycles. The van der Waals surface area contributed by atoms with Crippen LogP contribution in [-0.2, 0) is 11.2 Å². The maximum atomic E-state index is 12.1. The summed E-state index contributed by atoms with van der Waals surface area (Å²) in [6.45, 7) is 0. The fraction of sp³-hybridized carbons (Fsp3) is 0.118. The molecule has 25 heavy (non-hydrogen) atoms. The second-order valence-electron chi connectivity index (χ2n) is 5.28. The van der Waals surface area contributed by atoms with Gasteiger partial charge >= 0.3 is 0 Å². The van der Waals surface area contributed by atoms with E-state index in [-0.39, 0.29) is 12.3 Å². The lowest BCUT2D eigenvalue weighted by Gasteiger charge is -1.98. The molecule has 4 aromatic rings. The summed E-state index contributed by atoms with van der Waals surface area (Å²) in [7, 11) is 0. The molecule has 4 rings (SSSR count). The average molecular weight is 351 g/mol. The van der Waals surface area contributed by atoms with Gasteiger partial charge in [-0.15, -0.1) is 0 Å². The molecule has 1 amide bonds. The molecule has 0 saturated heterocycles. The lowest BCUT2D eigenvalue weighted by Crippen LogP contribution is -2.12. The summed E-state index contributed by atoms with van der Waals surface area (Å²) >= 11 is 1.45. The van der Waals surface area contributed by atoms with Crippen molar-refractivity contribution in [2.45, 2.75) is 12.8 Å². The zero-order valence-electron chi connectivity index (χ0n) is 13.0. The van der Waals surface area contributed by atoms with Crippen molar-refractivity contribution < 1.29 is 9.32 Å². The zero-order valence-corrected chi connectivity index (χ0v) is 13.9. The van der Waals surface area contributed by atoms with E-state index < -0.39 is 0 Å². The summed E-state index contributed by atoms with van der Waals surface area (Å²) in [6, 6.07) is 11.4. The first-order chi connectivity index (χ1) is 12.3. The molecule has 0 saturated carbocycles. The van der Waals surface area contributed by atoms with Crippen LogP contribution in [0.1, 0.15) is 12.3 Å². The van der Waals surface area contributed by atoms with Gasteiger partial charge in [-0.05, 0) is 24.3 Å². The highest BCUT2D eigenvalue weighted by molar-refractivity contribution is 7.22. The van der Waals surface area contributed by atoms with Crippen molar-refractivity contribution in [3.05, 3.63) is 54.7 Å². The maximum Gasteiger partial charge on any atom is 0.227 e. The monoisotopic (exact) mass is 351 g/mol. The van der Waals surface area contributed by atoms with Crippen LogP contribution in [0.5, 0.6) is 0 Å². The highest BCUT2D eigenvalue weighted by Crippen LogP contribution is 2.25. The summed E-state index contributed by atoms with van der Waals surface area (Å²) in [5, 5.41) is 7.32. The van der Waals surface area contributed by atoms with Crippen LogP contribution in [0, 0.1) is 0 Å². The number of hydrogen-bond acceptors (Lipinski definition) is 7. The molecule has 0 aliphatic rings. The van der Waals surface area contributed by atoms with Crippen molar-refractivity contribution in [3.63, 3.8) is 0 Å². The molecule has 7 nitrogen and oxygen atoms in total. The SMILES string of the molecule is O=C(CCc1nc(-c2ccncc2)no1)Nc1nc2ccccc2s1. The second kappa shape index (κ2) is 6.78. The molecule has 8 heteroatoms. The minimum Gasteiger partial charge on any atom is -0.339 e. The van der Waals surface area contributed by atoms with Crippen molar-refractivity contribution in [1.82, 2.24) is 20.1 Å². The third-order valence-electron chi connectivity index (χ3n) is 3.51. The molecule has 0 unspecified atom stereocenters. The Balaban J connectivity index is 1.36. The number of amides is 1. The van der Waals surface area contributed by atoms with Crippen LogP contribution in [0.25, 0.3) is 21.6 Å². The molecular formula is C17H13N5O2S. The van der Waals surface area contributed by atoms with Crippen LogP contribution in [0.4, 0.5) is 5.13 Å². The van der Waals surface area contributed by atoms with Gasteiger partial charge < -0.3 is 9.84 Å². The first kappa shape index (κ1) is 15.4. The molecule has 0 aliphatic carbocycles. The summed E-state index contributed by atoms with van der Waals surface area (Å²) in [5.74, 6) is 0.776. The predicted octanol–water partition coefficient (Wildman–Crippen LogP) is 3.31. The van der Waals surface area contributed by atoms with Gasteiger partial charge in [0, 0.05) is 30.8 Å². The highest BCUT2D eigenvalue weighted by atomic mass is 32.1. The molecule has 0 bridgehead atoms. The van der Waals surface area contributed by atoms with E-state index in [1.54, 1.807) is 24.5 Å². The first-order valence-corrected chi connectivity index (χ1v) is 8.48. The van der Waals surface area contributed by atoms with E-state index in [4.69, 9.17) is 4.52 Å². The topological polar surface area (TPSA) is 93.8 Å². The molecule has 0 radical (unpaired) electrons. The van der Waals surface area contributed by atoms with E-state index in [1.807, 2.05) is 24.3 Å². The number of carbonyl (C=O) groups is 1. The van der Waals surface area contributed by atoms with Crippen LogP contribution >= 0.6 is 11.3 Å². The number of aryl methyl sites for hydroxylation is 1. The van der Waals surface area contributed by atoms with Gasteiger partial charge in [0.15, 0.2) is 5.13 Å². The van der Waals surface area contributed by atoms with Gasteiger partial charge in [0.05, 0.1) is 10.2 Å². The Morgan fingerprint density at radius 3 is 2.80 bits per heavy atom. The van der Waals surface area contributed by atoms with Gasteiger partial charge in [-0.25, -0.2) is 4.98 Å². The largest absolute Gasteiger partial charge is 0.339 e. The highest BCUT2D eigenvalue weighted by Gasteiger charge is 2.12. The van der Waals surface area contributed by atoms with Crippen molar-refractivity contribution in [1.29, 1.82) is 0 Å². The van der Waals surface area contributed by atoms with E-state index >= 15 is 0 Å². The second-order valence-corrected chi connectivity index (χ2v) is 6.31. The Labute approximate surface area is 146 Å². The number of pyridine rings is 1. The number of hydrogen-bond donors (Lipinski definition) is 1. The molecule has 0 fully saturated rings. The molecule has 0 atom stereocenters. The maximum absolute atomic E-state index is 12.1. The molecule has 3 aromatic heterocycles. The minimum absolute atomic E-state index is 0.136. The first-order valence-electron chi connectivity index (χ1n) is 7.66. The number of para-hydroxylation sites is 1. The molecular weight excluding hydrogens is 338 g/mol. The number of benzene rings is 1. The van der Waals surface area contributed by atoms with E-state index in [2.05, 4.69) is 25.4 Å². The van der Waals surface area contributed by atoms with Crippen LogP contribution in [-0.4, -0.2) is 26.0 Å². The van der Waals surface area contributed by atoms with Gasteiger partial charge in [0.1, 0.15) is 0 Å². The van der Waals surface area contributed by atoms with Crippen molar-refractivity contribution in [3.8, 4) is 11.4 Å². The predicted molar refractivity (Wildman–Crippen MR) is 94.1 cm³/mol. The number of nitrogens with one attached hydrogen (secondary N) is 1. The van der Waals surface area contributed by atoms with Crippen molar-refractivity contribution in [2.24, 2.45) is 0 Å². The summed E-state index contributed by atoms with van der Waals surface area (Å²) < 4.78 is 6.23. The molecule has 3 heterocycles. The van der Waals surface area contributed by atoms with Gasteiger partial charge in [-0.2, -0.15) is 4.98 Å². The number of nitrogens with zero attached hydrogens (tertiary/aromatic N) is 4. The Kier molecular flexibility index (Phi) is 4.17. The van der Waals surface area contributed by atoms with Crippen LogP contribution in [0.15, 0.2) is 53.3 Å². The van der Waals surface area contributed by atoms with Gasteiger partial charge in [0.2, 0.25) is 17.6 Å². The zero-order chi connectivity index (χ0) is 17.1. The van der Waals surface area contributed by atoms with E-state index in [0.717, 1.165) is 15.8 Å². The van der Waals surface area contributed by atoms with Gasteiger partial charge in [0.25, 0.3) is 0 Å². The third kappa shape index (κ3) is 3.53. The lowest BCUT2D eigenvalue weighted by molar-refractivity contribution is -0.116. The summed E-state index contributed by atoms with van der Waals surface area (Å²) in [4.78, 5) is 24.7. The Bertz CT molecular complexity index is 979. The number of anilines is 1. The Morgan fingerprint density at radius 2 is 1.96 bits per heavy atom. The fourth-order valence-corrected chi connectivity index (χ4v) is 3.18. The van der Waals surface area contributed by atoms with E-state index in [0.29, 0.717) is 23.3 Å². The average Bonchev–Trinajstić information content (AvgIpc) is 3.27. The van der Waals surface area contributed by atoms with E-state index in [9.17, 15) is 4.79 Å².